The number of hydrogen-bond acceptors (Lipinski definition) is 5. The zero-order valence-electron chi connectivity index (χ0n) is 13.9. The lowest BCUT2D eigenvalue weighted by atomic mass is 10.1. The number of carbonyl (C=O) groups is 2. The monoisotopic (exact) mass is 419 g/mol. The van der Waals surface area contributed by atoms with Crippen LogP contribution in [0.3, 0.4) is 0 Å². The van der Waals surface area contributed by atoms with Gasteiger partial charge in [-0.3, -0.25) is 19.7 Å². The number of rotatable bonds is 5. The number of carbonyl (C=O) groups excluding carboxylic acids is 2. The van der Waals surface area contributed by atoms with Gasteiger partial charge in [-0.25, -0.2) is 0 Å². The van der Waals surface area contributed by atoms with Crippen LogP contribution in [0.2, 0.25) is 10.0 Å². The van der Waals surface area contributed by atoms with Crippen LogP contribution in [0, 0.1) is 10.1 Å². The van der Waals surface area contributed by atoms with Crippen molar-refractivity contribution in [2.24, 2.45) is 0 Å². The molecule has 3 aromatic rings. The number of nitro benzene ring substituents is 1. The first-order valence-corrected chi connectivity index (χ1v) is 8.50. The highest BCUT2D eigenvalue weighted by Crippen LogP contribution is 2.29. The predicted molar refractivity (Wildman–Crippen MR) is 104 cm³/mol. The molecular weight excluding hydrogens is 409 g/mol. The van der Waals surface area contributed by atoms with Gasteiger partial charge >= 0.3 is 0 Å². The summed E-state index contributed by atoms with van der Waals surface area (Å²) in [6.07, 6.45) is 1.35. The van der Waals surface area contributed by atoms with Gasteiger partial charge in [0.1, 0.15) is 5.02 Å². The largest absolute Gasteiger partial charge is 0.459 e. The maximum absolute atomic E-state index is 12.5. The normalized spacial score (nSPS) is 10.4. The number of anilines is 2. The molecule has 0 saturated carbocycles. The maximum atomic E-state index is 12.5. The Morgan fingerprint density at radius 1 is 0.964 bits per heavy atom. The highest BCUT2D eigenvalue weighted by atomic mass is 35.5. The highest BCUT2D eigenvalue weighted by molar-refractivity contribution is 6.33. The van der Waals surface area contributed by atoms with Gasteiger partial charge in [-0.15, -0.1) is 0 Å². The SMILES string of the molecule is O=C(Nc1ccc(Cl)cc1NC(=O)c1ccco1)c1ccc(Cl)c([N+](=O)[O-])c1. The van der Waals surface area contributed by atoms with Gasteiger partial charge < -0.3 is 15.1 Å². The second kappa shape index (κ2) is 8.12. The van der Waals surface area contributed by atoms with E-state index in [0.29, 0.717) is 5.02 Å². The number of benzene rings is 2. The van der Waals surface area contributed by atoms with E-state index >= 15 is 0 Å². The molecule has 2 aromatic carbocycles. The van der Waals surface area contributed by atoms with Gasteiger partial charge in [0.15, 0.2) is 5.76 Å². The van der Waals surface area contributed by atoms with Crippen molar-refractivity contribution in [1.29, 1.82) is 0 Å². The Bertz CT molecular complexity index is 1070. The van der Waals surface area contributed by atoms with E-state index < -0.39 is 22.4 Å². The molecule has 0 radical (unpaired) electrons. The van der Waals surface area contributed by atoms with Crippen LogP contribution >= 0.6 is 23.2 Å². The van der Waals surface area contributed by atoms with E-state index in [1.807, 2.05) is 0 Å². The van der Waals surface area contributed by atoms with Crippen molar-refractivity contribution in [3.63, 3.8) is 0 Å². The second-order valence-corrected chi connectivity index (χ2v) is 6.34. The Morgan fingerprint density at radius 2 is 1.71 bits per heavy atom. The summed E-state index contributed by atoms with van der Waals surface area (Å²) in [5, 5.41) is 16.4. The molecule has 0 saturated heterocycles. The lowest BCUT2D eigenvalue weighted by Crippen LogP contribution is -2.16. The van der Waals surface area contributed by atoms with Crippen molar-refractivity contribution in [3.05, 3.63) is 86.3 Å². The quantitative estimate of drug-likeness (QED) is 0.445. The van der Waals surface area contributed by atoms with Gasteiger partial charge in [0, 0.05) is 16.7 Å². The number of nitrogens with one attached hydrogen (secondary N) is 2. The molecule has 1 heterocycles. The number of furan rings is 1. The fraction of sp³-hybridized carbons (Fsp3) is 0. The standard InChI is InChI=1S/C18H11Cl2N3O5/c19-11-4-6-13(14(9-11)22-18(25)16-2-1-7-28-16)21-17(24)10-3-5-12(20)15(8-10)23(26)27/h1-9H,(H,21,24)(H,22,25). The molecule has 0 atom stereocenters. The molecule has 0 aliphatic carbocycles. The molecular formula is C18H11Cl2N3O5. The molecule has 1 aromatic heterocycles. The van der Waals surface area contributed by atoms with Gasteiger partial charge in [0.2, 0.25) is 0 Å². The van der Waals surface area contributed by atoms with Gasteiger partial charge in [-0.2, -0.15) is 0 Å². The molecule has 2 amide bonds. The van der Waals surface area contributed by atoms with Crippen molar-refractivity contribution in [1.82, 2.24) is 0 Å². The molecule has 2 N–H and O–H groups in total. The molecule has 10 heteroatoms. The average Bonchev–Trinajstić information content (AvgIpc) is 3.19. The third kappa shape index (κ3) is 4.30. The van der Waals surface area contributed by atoms with Gasteiger partial charge in [-0.05, 0) is 42.5 Å². The van der Waals surface area contributed by atoms with E-state index in [1.54, 1.807) is 6.07 Å². The molecule has 0 fully saturated rings. The fourth-order valence-electron chi connectivity index (χ4n) is 2.31. The summed E-state index contributed by atoms with van der Waals surface area (Å²) in [5.41, 5.74) is 0.101. The summed E-state index contributed by atoms with van der Waals surface area (Å²) in [7, 11) is 0. The van der Waals surface area contributed by atoms with Gasteiger partial charge in [0.05, 0.1) is 22.6 Å². The first kappa shape index (κ1) is 19.4. The Labute approximate surface area is 168 Å². The van der Waals surface area contributed by atoms with Crippen molar-refractivity contribution >= 4 is 52.1 Å². The number of nitro groups is 1. The summed E-state index contributed by atoms with van der Waals surface area (Å²) in [6.45, 7) is 0. The molecule has 8 nitrogen and oxygen atoms in total. The number of halogens is 2. The van der Waals surface area contributed by atoms with Crippen LogP contribution in [0.15, 0.2) is 59.2 Å². The Hall–Kier alpha value is -3.36. The third-order valence-electron chi connectivity index (χ3n) is 3.63. The number of nitrogens with zero attached hydrogens (tertiary/aromatic N) is 1. The lowest BCUT2D eigenvalue weighted by Gasteiger charge is -2.12. The van der Waals surface area contributed by atoms with Crippen LogP contribution in [-0.4, -0.2) is 16.7 Å². The van der Waals surface area contributed by atoms with Crippen molar-refractivity contribution in [2.75, 3.05) is 10.6 Å². The van der Waals surface area contributed by atoms with Gasteiger partial charge in [-0.1, -0.05) is 23.2 Å². The van der Waals surface area contributed by atoms with Crippen LogP contribution in [0.25, 0.3) is 0 Å². The van der Waals surface area contributed by atoms with E-state index in [9.17, 15) is 19.7 Å². The van der Waals surface area contributed by atoms with Crippen LogP contribution in [0.1, 0.15) is 20.9 Å². The molecule has 0 spiro atoms. The Morgan fingerprint density at radius 3 is 2.39 bits per heavy atom. The van der Waals surface area contributed by atoms with Crippen molar-refractivity contribution in [3.8, 4) is 0 Å². The summed E-state index contributed by atoms with van der Waals surface area (Å²) < 4.78 is 5.03. The molecule has 3 rings (SSSR count). The molecule has 0 aliphatic heterocycles. The predicted octanol–water partition coefficient (Wildman–Crippen LogP) is 5.00. The third-order valence-corrected chi connectivity index (χ3v) is 4.18. The average molecular weight is 420 g/mol. The van der Waals surface area contributed by atoms with Crippen molar-refractivity contribution in [2.45, 2.75) is 0 Å². The van der Waals surface area contributed by atoms with Gasteiger partial charge in [0.25, 0.3) is 17.5 Å². The maximum Gasteiger partial charge on any atom is 0.291 e. The van der Waals surface area contributed by atoms with E-state index in [4.69, 9.17) is 27.6 Å². The van der Waals surface area contributed by atoms with E-state index in [2.05, 4.69) is 10.6 Å². The minimum Gasteiger partial charge on any atom is -0.459 e. The number of hydrogen-bond donors (Lipinski definition) is 2. The Balaban J connectivity index is 1.86. The van der Waals surface area contributed by atoms with Crippen LogP contribution in [0.5, 0.6) is 0 Å². The lowest BCUT2D eigenvalue weighted by molar-refractivity contribution is -0.384. The van der Waals surface area contributed by atoms with Crippen LogP contribution in [-0.2, 0) is 0 Å². The molecule has 0 unspecified atom stereocenters. The smallest absolute Gasteiger partial charge is 0.291 e. The summed E-state index contributed by atoms with van der Waals surface area (Å²) in [5.74, 6) is -1.09. The molecule has 0 aliphatic rings. The minimum absolute atomic E-state index is 0.0226. The van der Waals surface area contributed by atoms with Crippen molar-refractivity contribution < 1.29 is 18.9 Å². The first-order chi connectivity index (χ1) is 13.3. The highest BCUT2D eigenvalue weighted by Gasteiger charge is 2.18. The van der Waals surface area contributed by atoms with E-state index in [-0.39, 0.29) is 27.7 Å². The van der Waals surface area contributed by atoms with Crippen LogP contribution in [0.4, 0.5) is 17.1 Å². The Kier molecular flexibility index (Phi) is 5.62. The van der Waals surface area contributed by atoms with E-state index in [1.165, 1.54) is 42.7 Å². The summed E-state index contributed by atoms with van der Waals surface area (Å²) in [6, 6.07) is 11.2. The molecule has 28 heavy (non-hydrogen) atoms. The van der Waals surface area contributed by atoms with Crippen LogP contribution < -0.4 is 10.6 Å². The first-order valence-electron chi connectivity index (χ1n) is 7.75. The fourth-order valence-corrected chi connectivity index (χ4v) is 2.67. The molecule has 0 bridgehead atoms. The van der Waals surface area contributed by atoms with E-state index in [0.717, 1.165) is 6.07 Å². The zero-order valence-corrected chi connectivity index (χ0v) is 15.5. The topological polar surface area (TPSA) is 114 Å². The zero-order chi connectivity index (χ0) is 20.3. The summed E-state index contributed by atoms with van der Waals surface area (Å²) in [4.78, 5) is 35.0. The molecule has 142 valence electrons. The number of amides is 2. The minimum atomic E-state index is -0.684. The summed E-state index contributed by atoms with van der Waals surface area (Å²) >= 11 is 11.7. The second-order valence-electron chi connectivity index (χ2n) is 5.50.